The third-order valence-electron chi connectivity index (χ3n) is 12.1. The number of hydrogen-bond acceptors (Lipinski definition) is 6. The Morgan fingerprint density at radius 3 is 0.945 bits per heavy atom. The van der Waals surface area contributed by atoms with Crippen LogP contribution in [0, 0.1) is 0 Å². The van der Waals surface area contributed by atoms with Gasteiger partial charge < -0.3 is 14.2 Å². The number of rotatable bonds is 52. The van der Waals surface area contributed by atoms with Crippen LogP contribution in [0.3, 0.4) is 0 Å². The van der Waals surface area contributed by atoms with Gasteiger partial charge in [0.05, 0.1) is 0 Å². The van der Waals surface area contributed by atoms with Gasteiger partial charge >= 0.3 is 17.9 Å². The Kier molecular flexibility index (Phi) is 56.4. The lowest BCUT2D eigenvalue weighted by molar-refractivity contribution is -0.166. The van der Waals surface area contributed by atoms with Gasteiger partial charge in [0, 0.05) is 19.3 Å². The van der Waals surface area contributed by atoms with Crippen LogP contribution in [-0.2, 0) is 28.6 Å². The average molecular weight is 1010 g/mol. The van der Waals surface area contributed by atoms with Crippen LogP contribution in [-0.4, -0.2) is 37.2 Å². The first-order valence-corrected chi connectivity index (χ1v) is 29.7. The number of esters is 3. The number of allylic oxidation sites excluding steroid dienone is 22. The maximum Gasteiger partial charge on any atom is 0.306 e. The molecule has 0 bridgehead atoms. The third-order valence-corrected chi connectivity index (χ3v) is 12.1. The molecule has 6 heteroatoms. The summed E-state index contributed by atoms with van der Waals surface area (Å²) in [6, 6.07) is 0. The van der Waals surface area contributed by atoms with E-state index >= 15 is 0 Å². The topological polar surface area (TPSA) is 78.9 Å². The molecule has 0 aliphatic carbocycles. The van der Waals surface area contributed by atoms with Crippen molar-refractivity contribution in [2.24, 2.45) is 0 Å². The molecule has 0 aliphatic heterocycles. The molecular formula is C67H108O6. The molecule has 0 saturated heterocycles. The summed E-state index contributed by atoms with van der Waals surface area (Å²) >= 11 is 0. The first kappa shape index (κ1) is 68.6. The number of ether oxygens (including phenoxy) is 3. The van der Waals surface area contributed by atoms with Gasteiger partial charge in [-0.2, -0.15) is 0 Å². The molecule has 0 heterocycles. The minimum Gasteiger partial charge on any atom is -0.462 e. The molecule has 0 fully saturated rings. The van der Waals surface area contributed by atoms with Gasteiger partial charge in [-0.15, -0.1) is 0 Å². The Hall–Kier alpha value is -4.45. The second-order valence-electron chi connectivity index (χ2n) is 19.2. The fourth-order valence-electron chi connectivity index (χ4n) is 7.68. The smallest absolute Gasteiger partial charge is 0.306 e. The Bertz CT molecular complexity index is 1580. The van der Waals surface area contributed by atoms with E-state index in [0.717, 1.165) is 103 Å². The molecule has 0 spiro atoms. The maximum absolute atomic E-state index is 12.8. The van der Waals surface area contributed by atoms with Crippen LogP contribution >= 0.6 is 0 Å². The van der Waals surface area contributed by atoms with E-state index < -0.39 is 12.1 Å². The molecule has 412 valence electrons. The van der Waals surface area contributed by atoms with Crippen LogP contribution in [0.1, 0.15) is 252 Å². The second-order valence-corrected chi connectivity index (χ2v) is 19.2. The fourth-order valence-corrected chi connectivity index (χ4v) is 7.68. The van der Waals surface area contributed by atoms with Crippen LogP contribution < -0.4 is 0 Å². The zero-order valence-electron chi connectivity index (χ0n) is 47.1. The highest BCUT2D eigenvalue weighted by Crippen LogP contribution is 2.13. The summed E-state index contributed by atoms with van der Waals surface area (Å²) in [6.45, 7) is 6.40. The Balaban J connectivity index is 4.59. The lowest BCUT2D eigenvalue weighted by atomic mass is 10.1. The number of carbonyl (C=O) groups excluding carboxylic acids is 3. The van der Waals surface area contributed by atoms with Crippen LogP contribution in [0.25, 0.3) is 0 Å². The summed E-state index contributed by atoms with van der Waals surface area (Å²) in [6.07, 6.45) is 84.5. The molecule has 0 aromatic rings. The number of unbranched alkanes of at least 4 members (excludes halogenated alkanes) is 19. The van der Waals surface area contributed by atoms with E-state index in [4.69, 9.17) is 14.2 Å². The van der Waals surface area contributed by atoms with E-state index in [1.165, 1.54) is 103 Å². The van der Waals surface area contributed by atoms with Crippen molar-refractivity contribution in [1.82, 2.24) is 0 Å². The van der Waals surface area contributed by atoms with Crippen molar-refractivity contribution in [1.29, 1.82) is 0 Å². The molecule has 0 aliphatic rings. The van der Waals surface area contributed by atoms with Gasteiger partial charge in [-0.1, -0.05) is 238 Å². The van der Waals surface area contributed by atoms with E-state index in [1.807, 2.05) is 12.2 Å². The predicted octanol–water partition coefficient (Wildman–Crippen LogP) is 20.2. The van der Waals surface area contributed by atoms with Crippen LogP contribution in [0.15, 0.2) is 134 Å². The summed E-state index contributed by atoms with van der Waals surface area (Å²) in [5.74, 6) is -1.05. The van der Waals surface area contributed by atoms with E-state index in [2.05, 4.69) is 142 Å². The molecule has 6 nitrogen and oxygen atoms in total. The molecule has 0 amide bonds. The van der Waals surface area contributed by atoms with Crippen molar-refractivity contribution in [3.8, 4) is 0 Å². The van der Waals surface area contributed by atoms with Gasteiger partial charge in [-0.25, -0.2) is 0 Å². The summed E-state index contributed by atoms with van der Waals surface area (Å²) in [4.78, 5) is 38.2. The standard InChI is InChI=1S/C67H108O6/c1-4-7-10-13-16-19-22-25-28-31-33-36-39-42-45-48-51-54-57-60-66(69)72-63-64(62-71-65(68)59-56-53-50-47-44-41-38-35-30-27-24-21-18-15-12-9-6-3)73-67(70)61-58-55-52-49-46-43-40-37-34-32-29-26-23-20-17-14-11-8-5-2/h7,10,16-17,19-20,25-30,33-34,36-37,42-43,45-46,52,55,64H,4-6,8-9,11-15,18,21-24,31-32,35,38-41,44,47-51,53-54,56-63H2,1-3H3/b10-7-,19-16-,20-17-,28-25-,29-26-,30-27-,36-33-,37-34-,45-42-,46-43-,55-52-/t64-/m0/s1. The van der Waals surface area contributed by atoms with Gasteiger partial charge in [0.2, 0.25) is 0 Å². The van der Waals surface area contributed by atoms with E-state index in [1.54, 1.807) is 0 Å². The van der Waals surface area contributed by atoms with Crippen molar-refractivity contribution in [3.05, 3.63) is 134 Å². The summed E-state index contributed by atoms with van der Waals surface area (Å²) in [7, 11) is 0. The molecule has 73 heavy (non-hydrogen) atoms. The zero-order chi connectivity index (χ0) is 52.9. The summed E-state index contributed by atoms with van der Waals surface area (Å²) in [5, 5.41) is 0. The quantitative estimate of drug-likeness (QED) is 0.0261. The molecule has 0 aromatic heterocycles. The number of hydrogen-bond donors (Lipinski definition) is 0. The fraction of sp³-hybridized carbons (Fsp3) is 0.627. The molecule has 0 saturated carbocycles. The van der Waals surface area contributed by atoms with Gasteiger partial charge in [-0.3, -0.25) is 14.4 Å². The third kappa shape index (κ3) is 58.3. The SMILES string of the molecule is CC/C=C\C/C=C\C/C=C\C/C=C\C/C=C\CCCCCC(=O)OC[C@H](COC(=O)CCCCCCCCC/C=C\CCCCCCCC)OC(=O)CC/C=C\C/C=C\C/C=C\C/C=C\C/C=C\CCCCC. The molecular weight excluding hydrogens is 901 g/mol. The van der Waals surface area contributed by atoms with Crippen LogP contribution in [0.2, 0.25) is 0 Å². The van der Waals surface area contributed by atoms with Gasteiger partial charge in [0.25, 0.3) is 0 Å². The molecule has 1 atom stereocenters. The van der Waals surface area contributed by atoms with Crippen molar-refractivity contribution in [2.75, 3.05) is 13.2 Å². The molecule has 0 rings (SSSR count). The predicted molar refractivity (Wildman–Crippen MR) is 316 cm³/mol. The minimum absolute atomic E-state index is 0.125. The van der Waals surface area contributed by atoms with Gasteiger partial charge in [0.15, 0.2) is 6.10 Å². The Morgan fingerprint density at radius 1 is 0.288 bits per heavy atom. The average Bonchev–Trinajstić information content (AvgIpc) is 3.39. The highest BCUT2D eigenvalue weighted by atomic mass is 16.6. The minimum atomic E-state index is -0.839. The Morgan fingerprint density at radius 2 is 0.562 bits per heavy atom. The lowest BCUT2D eigenvalue weighted by Gasteiger charge is -2.18. The molecule has 0 unspecified atom stereocenters. The summed E-state index contributed by atoms with van der Waals surface area (Å²) < 4.78 is 16.8. The Labute approximate surface area is 449 Å². The largest absolute Gasteiger partial charge is 0.462 e. The summed E-state index contributed by atoms with van der Waals surface area (Å²) in [5.41, 5.74) is 0. The van der Waals surface area contributed by atoms with Gasteiger partial charge in [-0.05, 0) is 128 Å². The van der Waals surface area contributed by atoms with E-state index in [9.17, 15) is 14.4 Å². The normalized spacial score (nSPS) is 13.1. The van der Waals surface area contributed by atoms with Gasteiger partial charge in [0.1, 0.15) is 13.2 Å². The van der Waals surface area contributed by atoms with Crippen molar-refractivity contribution >= 4 is 17.9 Å². The molecule has 0 N–H and O–H groups in total. The van der Waals surface area contributed by atoms with Crippen LogP contribution in [0.4, 0.5) is 0 Å². The highest BCUT2D eigenvalue weighted by molar-refractivity contribution is 5.71. The van der Waals surface area contributed by atoms with Crippen molar-refractivity contribution in [2.45, 2.75) is 258 Å². The highest BCUT2D eigenvalue weighted by Gasteiger charge is 2.19. The molecule has 0 aromatic carbocycles. The first-order chi connectivity index (χ1) is 36.0. The van der Waals surface area contributed by atoms with Crippen molar-refractivity contribution < 1.29 is 28.6 Å². The zero-order valence-corrected chi connectivity index (χ0v) is 47.1. The van der Waals surface area contributed by atoms with E-state index in [-0.39, 0.29) is 31.6 Å². The van der Waals surface area contributed by atoms with Crippen LogP contribution in [0.5, 0.6) is 0 Å². The number of carbonyl (C=O) groups is 3. The second kappa shape index (κ2) is 60.1. The first-order valence-electron chi connectivity index (χ1n) is 29.7. The van der Waals surface area contributed by atoms with E-state index in [0.29, 0.717) is 19.3 Å². The monoisotopic (exact) mass is 1010 g/mol. The van der Waals surface area contributed by atoms with Crippen molar-refractivity contribution in [3.63, 3.8) is 0 Å². The lowest BCUT2D eigenvalue weighted by Crippen LogP contribution is -2.30. The molecule has 0 radical (unpaired) electrons. The maximum atomic E-state index is 12.8.